The Morgan fingerprint density at radius 1 is 0.462 bits per heavy atom. The monoisotopic (exact) mass is 500 g/mol. The van der Waals surface area contributed by atoms with Gasteiger partial charge in [-0.3, -0.25) is 0 Å². The number of hydrogen-bond acceptors (Lipinski definition) is 2. The predicted molar refractivity (Wildman–Crippen MR) is 158 cm³/mol. The molecule has 0 radical (unpaired) electrons. The van der Waals surface area contributed by atoms with Crippen molar-refractivity contribution in [2.75, 3.05) is 0 Å². The summed E-state index contributed by atoms with van der Waals surface area (Å²) in [7, 11) is 0. The van der Waals surface area contributed by atoms with E-state index in [-0.39, 0.29) is 6.71 Å². The van der Waals surface area contributed by atoms with E-state index >= 15 is 0 Å². The van der Waals surface area contributed by atoms with E-state index in [1.807, 2.05) is 18.2 Å². The van der Waals surface area contributed by atoms with E-state index in [0.29, 0.717) is 0 Å². The fourth-order valence-corrected chi connectivity index (χ4v) is 6.33. The zero-order valence-electron chi connectivity index (χ0n) is 20.9. The largest absolute Gasteiger partial charge is 0.458 e. The molecule has 0 atom stereocenters. The highest BCUT2D eigenvalue weighted by molar-refractivity contribution is 6.98. The van der Waals surface area contributed by atoms with Gasteiger partial charge < -0.3 is 18.6 Å². The van der Waals surface area contributed by atoms with Crippen molar-refractivity contribution in [1.82, 2.24) is 9.13 Å². The number of ether oxygens (including phenoxy) is 2. The van der Waals surface area contributed by atoms with Gasteiger partial charge in [-0.15, -0.1) is 0 Å². The number of nitrogens with zero attached hydrogens (tertiary/aromatic N) is 2. The van der Waals surface area contributed by atoms with E-state index in [4.69, 9.17) is 9.47 Å². The summed E-state index contributed by atoms with van der Waals surface area (Å²) in [4.78, 5) is 0. The van der Waals surface area contributed by atoms with Crippen LogP contribution in [0.15, 0.2) is 128 Å². The van der Waals surface area contributed by atoms with Crippen LogP contribution < -0.4 is 25.9 Å². The van der Waals surface area contributed by atoms with Gasteiger partial charge in [-0.25, -0.2) is 0 Å². The summed E-state index contributed by atoms with van der Waals surface area (Å²) in [6.07, 6.45) is 4.28. The van der Waals surface area contributed by atoms with Crippen LogP contribution in [0, 0.1) is 0 Å². The summed E-state index contributed by atoms with van der Waals surface area (Å²) < 4.78 is 17.4. The van der Waals surface area contributed by atoms with Crippen LogP contribution in [0.25, 0.3) is 33.2 Å². The van der Waals surface area contributed by atoms with Crippen molar-refractivity contribution in [2.45, 2.75) is 0 Å². The molecule has 39 heavy (non-hydrogen) atoms. The highest BCUT2D eigenvalue weighted by Crippen LogP contribution is 2.35. The van der Waals surface area contributed by atoms with E-state index in [1.165, 1.54) is 21.8 Å². The third-order valence-corrected chi connectivity index (χ3v) is 8.12. The third kappa shape index (κ3) is 2.95. The van der Waals surface area contributed by atoms with Gasteiger partial charge >= 0.3 is 0 Å². The molecule has 182 valence electrons. The van der Waals surface area contributed by atoms with Gasteiger partial charge in [0.2, 0.25) is 0 Å². The lowest BCUT2D eigenvalue weighted by atomic mass is 9.35. The predicted octanol–water partition coefficient (Wildman–Crippen LogP) is 6.30. The minimum atomic E-state index is -0.00717. The van der Waals surface area contributed by atoms with Gasteiger partial charge in [-0.2, -0.15) is 0 Å². The number of para-hydroxylation sites is 2. The molecule has 0 saturated carbocycles. The third-order valence-electron chi connectivity index (χ3n) is 8.12. The molecule has 2 aliphatic rings. The molecule has 5 aromatic carbocycles. The van der Waals surface area contributed by atoms with Crippen LogP contribution >= 0.6 is 0 Å². The number of aromatic nitrogens is 2. The zero-order chi connectivity index (χ0) is 25.5. The lowest BCUT2D eigenvalue weighted by molar-refractivity contribution is 0.464. The van der Waals surface area contributed by atoms with Crippen molar-refractivity contribution in [2.24, 2.45) is 0 Å². The molecule has 0 amide bonds. The van der Waals surface area contributed by atoms with Gasteiger partial charge in [0.05, 0.1) is 11.0 Å². The van der Waals surface area contributed by atoms with Crippen molar-refractivity contribution in [3.63, 3.8) is 0 Å². The van der Waals surface area contributed by atoms with E-state index in [2.05, 4.69) is 119 Å². The Kier molecular flexibility index (Phi) is 4.11. The Morgan fingerprint density at radius 3 is 1.51 bits per heavy atom. The van der Waals surface area contributed by atoms with Gasteiger partial charge in [-0.05, 0) is 94.5 Å². The van der Waals surface area contributed by atoms with Gasteiger partial charge in [0.15, 0.2) is 0 Å². The normalized spacial score (nSPS) is 13.0. The lowest BCUT2D eigenvalue weighted by Crippen LogP contribution is -2.57. The number of fused-ring (bicyclic) bond motifs is 6. The first-order chi connectivity index (χ1) is 19.3. The smallest absolute Gasteiger partial charge is 0.260 e. The Hall–Kier alpha value is -5.16. The molecular weight excluding hydrogens is 479 g/mol. The molecule has 0 aliphatic carbocycles. The van der Waals surface area contributed by atoms with Gasteiger partial charge in [0, 0.05) is 29.2 Å². The minimum absolute atomic E-state index is 0.00717. The maximum absolute atomic E-state index is 6.46. The summed E-state index contributed by atoms with van der Waals surface area (Å²) in [6.45, 7) is -0.00717. The van der Waals surface area contributed by atoms with Gasteiger partial charge in [-0.1, -0.05) is 42.5 Å². The Bertz CT molecular complexity index is 1960. The van der Waals surface area contributed by atoms with Crippen molar-refractivity contribution < 1.29 is 9.47 Å². The number of benzene rings is 5. The second-order valence-electron chi connectivity index (χ2n) is 10.2. The molecular formula is C34H21BN2O2. The highest BCUT2D eigenvalue weighted by Gasteiger charge is 2.40. The number of hydrogen-bond donors (Lipinski definition) is 0. The molecule has 0 saturated heterocycles. The van der Waals surface area contributed by atoms with Crippen molar-refractivity contribution in [1.29, 1.82) is 0 Å². The Morgan fingerprint density at radius 2 is 0.974 bits per heavy atom. The van der Waals surface area contributed by atoms with Crippen molar-refractivity contribution in [3.8, 4) is 34.4 Å². The maximum Gasteiger partial charge on any atom is 0.260 e. The molecule has 4 nitrogen and oxygen atoms in total. The first-order valence-electron chi connectivity index (χ1n) is 13.2. The van der Waals surface area contributed by atoms with Crippen molar-refractivity contribution >= 4 is 44.9 Å². The molecule has 7 aromatic rings. The summed E-state index contributed by atoms with van der Waals surface area (Å²) in [6, 6.07) is 40.4. The topological polar surface area (TPSA) is 28.3 Å². The van der Waals surface area contributed by atoms with Crippen LogP contribution in [0.5, 0.6) is 23.0 Å². The van der Waals surface area contributed by atoms with E-state index in [0.717, 1.165) is 50.8 Å². The summed E-state index contributed by atoms with van der Waals surface area (Å²) in [5.74, 6) is 3.47. The summed E-state index contributed by atoms with van der Waals surface area (Å²) in [5, 5.41) is 2.44. The summed E-state index contributed by atoms with van der Waals surface area (Å²) in [5.41, 5.74) is 7.96. The Labute approximate surface area is 225 Å². The van der Waals surface area contributed by atoms with Crippen molar-refractivity contribution in [3.05, 3.63) is 128 Å². The number of rotatable bonds is 2. The molecule has 0 bridgehead atoms. The molecule has 5 heteroatoms. The van der Waals surface area contributed by atoms with E-state index < -0.39 is 0 Å². The fraction of sp³-hybridized carbons (Fsp3) is 0. The van der Waals surface area contributed by atoms with Crippen LogP contribution in [-0.4, -0.2) is 15.8 Å². The van der Waals surface area contributed by atoms with E-state index in [9.17, 15) is 0 Å². The minimum Gasteiger partial charge on any atom is -0.458 e. The standard InChI is InChI=1S/C34H21BN2O2/c1-3-8-28-22(6-1)16-18-36(28)24-12-14-30-26(20-24)35-27-21-25(37-19-17-23-7-2-4-9-29(23)37)13-15-31(27)39-33-11-5-10-32(38-30)34(33)35/h1-21H. The van der Waals surface area contributed by atoms with E-state index in [1.54, 1.807) is 0 Å². The van der Waals surface area contributed by atoms with Crippen LogP contribution in [0.4, 0.5) is 0 Å². The molecule has 4 heterocycles. The molecule has 2 aliphatic heterocycles. The molecule has 0 unspecified atom stereocenters. The maximum atomic E-state index is 6.46. The van der Waals surface area contributed by atoms with Gasteiger partial charge in [0.1, 0.15) is 23.0 Å². The van der Waals surface area contributed by atoms with Crippen LogP contribution in [0.2, 0.25) is 0 Å². The molecule has 0 spiro atoms. The fourth-order valence-electron chi connectivity index (χ4n) is 6.33. The second-order valence-corrected chi connectivity index (χ2v) is 10.2. The molecule has 0 N–H and O–H groups in total. The first kappa shape index (κ1) is 20.9. The van der Waals surface area contributed by atoms with Crippen LogP contribution in [0.1, 0.15) is 0 Å². The average molecular weight is 500 g/mol. The SMILES string of the molecule is c1cc2c3c(c1)Oc1ccc(-n4ccc5ccccc54)cc1B3c1cc(-n3ccc4ccccc43)ccc1O2. The summed E-state index contributed by atoms with van der Waals surface area (Å²) >= 11 is 0. The lowest BCUT2D eigenvalue weighted by Gasteiger charge is -2.33. The molecule has 0 fully saturated rings. The Balaban J connectivity index is 1.27. The van der Waals surface area contributed by atoms with Crippen LogP contribution in [-0.2, 0) is 0 Å². The molecule has 9 rings (SSSR count). The zero-order valence-corrected chi connectivity index (χ0v) is 20.9. The quantitative estimate of drug-likeness (QED) is 0.261. The average Bonchev–Trinajstić information content (AvgIpc) is 3.61. The molecule has 2 aromatic heterocycles. The highest BCUT2D eigenvalue weighted by atomic mass is 16.5. The first-order valence-corrected chi connectivity index (χ1v) is 13.2. The van der Waals surface area contributed by atoms with Crippen LogP contribution in [0.3, 0.4) is 0 Å². The van der Waals surface area contributed by atoms with Gasteiger partial charge in [0.25, 0.3) is 6.71 Å². The second kappa shape index (κ2) is 7.68.